The molecule has 142 valence electrons. The Kier molecular flexibility index (Phi) is 5.34. The summed E-state index contributed by atoms with van der Waals surface area (Å²) in [6, 6.07) is 11.8. The number of phosphoric ester groups is 1. The first-order valence-electron chi connectivity index (χ1n) is 7.79. The molecule has 10 heteroatoms. The summed E-state index contributed by atoms with van der Waals surface area (Å²) >= 11 is 0. The third-order valence-electron chi connectivity index (χ3n) is 4.27. The highest BCUT2D eigenvalue weighted by Gasteiger charge is 2.51. The molecule has 2 aromatic rings. The number of hydrogen-bond donors (Lipinski definition) is 6. The van der Waals surface area contributed by atoms with Crippen LogP contribution in [-0.4, -0.2) is 67.0 Å². The van der Waals surface area contributed by atoms with Crippen LogP contribution in [0.25, 0.3) is 10.8 Å². The zero-order chi connectivity index (χ0) is 19.1. The molecule has 0 aliphatic heterocycles. The summed E-state index contributed by atoms with van der Waals surface area (Å²) in [6.45, 7) is 0. The second-order valence-corrected chi connectivity index (χ2v) is 7.42. The summed E-state index contributed by atoms with van der Waals surface area (Å²) < 4.78 is 22.0. The van der Waals surface area contributed by atoms with Crippen LogP contribution >= 0.6 is 7.82 Å². The van der Waals surface area contributed by atoms with Gasteiger partial charge >= 0.3 is 7.82 Å². The van der Waals surface area contributed by atoms with E-state index in [9.17, 15) is 35.0 Å². The SMILES string of the molecule is O=P(O)(Oc1ccc2ccccc2c1)OC1[C@@H](O)[C@H](O)C(O)[C@H](O)[C@@H]1O. The van der Waals surface area contributed by atoms with Gasteiger partial charge in [-0.25, -0.2) is 4.57 Å². The fourth-order valence-electron chi connectivity index (χ4n) is 2.85. The maximum Gasteiger partial charge on any atom is 0.527 e. The van der Waals surface area contributed by atoms with Crippen LogP contribution in [0.1, 0.15) is 0 Å². The van der Waals surface area contributed by atoms with Crippen molar-refractivity contribution in [2.45, 2.75) is 36.6 Å². The molecule has 1 fully saturated rings. The van der Waals surface area contributed by atoms with Crippen LogP contribution in [0.2, 0.25) is 0 Å². The van der Waals surface area contributed by atoms with Crippen molar-refractivity contribution in [2.75, 3.05) is 0 Å². The molecule has 9 nitrogen and oxygen atoms in total. The van der Waals surface area contributed by atoms with Crippen LogP contribution < -0.4 is 4.52 Å². The average molecular weight is 386 g/mol. The van der Waals surface area contributed by atoms with E-state index in [4.69, 9.17) is 9.05 Å². The van der Waals surface area contributed by atoms with Crippen molar-refractivity contribution in [3.8, 4) is 5.75 Å². The summed E-state index contributed by atoms with van der Waals surface area (Å²) in [7, 11) is -4.83. The summed E-state index contributed by atoms with van der Waals surface area (Å²) in [4.78, 5) is 9.93. The third-order valence-corrected chi connectivity index (χ3v) is 5.22. The van der Waals surface area contributed by atoms with Gasteiger partial charge in [0.25, 0.3) is 0 Å². The molecule has 3 unspecified atom stereocenters. The van der Waals surface area contributed by atoms with Gasteiger partial charge in [-0.05, 0) is 22.9 Å². The monoisotopic (exact) mass is 386 g/mol. The molecule has 3 rings (SSSR count). The molecule has 1 aliphatic rings. The Morgan fingerprint density at radius 3 is 1.92 bits per heavy atom. The van der Waals surface area contributed by atoms with Crippen LogP contribution in [0.3, 0.4) is 0 Å². The van der Waals surface area contributed by atoms with Gasteiger partial charge in [-0.3, -0.25) is 9.42 Å². The lowest BCUT2D eigenvalue weighted by Gasteiger charge is -2.41. The molecule has 0 heterocycles. The van der Waals surface area contributed by atoms with Crippen LogP contribution in [0.4, 0.5) is 0 Å². The van der Waals surface area contributed by atoms with Crippen molar-refractivity contribution in [1.82, 2.24) is 0 Å². The summed E-state index contributed by atoms with van der Waals surface area (Å²) in [5.41, 5.74) is 0. The second-order valence-electron chi connectivity index (χ2n) is 6.09. The molecule has 0 spiro atoms. The van der Waals surface area contributed by atoms with E-state index in [1.165, 1.54) is 12.1 Å². The largest absolute Gasteiger partial charge is 0.527 e. The maximum atomic E-state index is 12.2. The number of fused-ring (bicyclic) bond motifs is 1. The second kappa shape index (κ2) is 7.22. The van der Waals surface area contributed by atoms with Gasteiger partial charge in [0.15, 0.2) is 0 Å². The molecule has 0 amide bonds. The lowest BCUT2D eigenvalue weighted by atomic mass is 9.85. The molecule has 1 aliphatic carbocycles. The van der Waals surface area contributed by atoms with Crippen LogP contribution in [0.5, 0.6) is 5.75 Å². The lowest BCUT2D eigenvalue weighted by Crippen LogP contribution is -2.64. The van der Waals surface area contributed by atoms with Crippen LogP contribution in [0, 0.1) is 0 Å². The zero-order valence-electron chi connectivity index (χ0n) is 13.4. The molecule has 26 heavy (non-hydrogen) atoms. The number of phosphoric acid groups is 1. The van der Waals surface area contributed by atoms with Gasteiger partial charge in [-0.2, -0.15) is 0 Å². The number of aliphatic hydroxyl groups is 5. The first-order valence-corrected chi connectivity index (χ1v) is 9.29. The van der Waals surface area contributed by atoms with Gasteiger partial charge in [-0.1, -0.05) is 30.3 Å². The molecule has 2 aromatic carbocycles. The van der Waals surface area contributed by atoms with Crippen LogP contribution in [0.15, 0.2) is 42.5 Å². The zero-order valence-corrected chi connectivity index (χ0v) is 14.3. The van der Waals surface area contributed by atoms with Gasteiger partial charge in [-0.15, -0.1) is 0 Å². The van der Waals surface area contributed by atoms with Crippen molar-refractivity contribution in [1.29, 1.82) is 0 Å². The minimum Gasteiger partial charge on any atom is -0.404 e. The fourth-order valence-corrected chi connectivity index (χ4v) is 3.83. The van der Waals surface area contributed by atoms with Crippen molar-refractivity contribution < 1.29 is 44.0 Å². The predicted octanol–water partition coefficient (Wildman–Crippen LogP) is -0.478. The van der Waals surface area contributed by atoms with Gasteiger partial charge in [0.2, 0.25) is 0 Å². The molecule has 0 aromatic heterocycles. The van der Waals surface area contributed by atoms with Crippen LogP contribution in [-0.2, 0) is 9.09 Å². The van der Waals surface area contributed by atoms with E-state index in [-0.39, 0.29) is 5.75 Å². The van der Waals surface area contributed by atoms with E-state index in [1.54, 1.807) is 18.2 Å². The van der Waals surface area contributed by atoms with Crippen molar-refractivity contribution in [3.63, 3.8) is 0 Å². The first-order chi connectivity index (χ1) is 12.2. The molecule has 7 atom stereocenters. The highest BCUT2D eigenvalue weighted by Crippen LogP contribution is 2.47. The van der Waals surface area contributed by atoms with E-state index in [0.29, 0.717) is 0 Å². The summed E-state index contributed by atoms with van der Waals surface area (Å²) in [5.74, 6) is 0.00968. The van der Waals surface area contributed by atoms with E-state index >= 15 is 0 Å². The minimum atomic E-state index is -4.83. The topological polar surface area (TPSA) is 157 Å². The third kappa shape index (κ3) is 3.75. The van der Waals surface area contributed by atoms with E-state index in [2.05, 4.69) is 0 Å². The molecule has 0 radical (unpaired) electrons. The lowest BCUT2D eigenvalue weighted by molar-refractivity contribution is -0.219. The highest BCUT2D eigenvalue weighted by molar-refractivity contribution is 7.47. The highest BCUT2D eigenvalue weighted by atomic mass is 31.2. The van der Waals surface area contributed by atoms with Gasteiger partial charge in [0.1, 0.15) is 42.4 Å². The number of benzene rings is 2. The first kappa shape index (κ1) is 19.2. The van der Waals surface area contributed by atoms with E-state index in [1.807, 2.05) is 12.1 Å². The predicted molar refractivity (Wildman–Crippen MR) is 89.3 cm³/mol. The fraction of sp³-hybridized carbons (Fsp3) is 0.375. The van der Waals surface area contributed by atoms with Gasteiger partial charge in [0, 0.05) is 0 Å². The Morgan fingerprint density at radius 2 is 1.31 bits per heavy atom. The van der Waals surface area contributed by atoms with Crippen molar-refractivity contribution in [2.24, 2.45) is 0 Å². The average Bonchev–Trinajstić information content (AvgIpc) is 2.61. The molecular weight excluding hydrogens is 367 g/mol. The standard InChI is InChI=1S/C16H19O9P/c17-11-12(18)14(20)16(15(21)13(11)19)25-26(22,23)24-10-6-5-8-3-1-2-4-9(8)7-10/h1-7,11-21H,(H,22,23)/t11?,12-,13+,14-,15-,16?/m0/s1. The van der Waals surface area contributed by atoms with E-state index < -0.39 is 44.4 Å². The maximum absolute atomic E-state index is 12.2. The molecule has 0 saturated heterocycles. The Labute approximate surface area is 148 Å². The molecular formula is C16H19O9P. The number of aliphatic hydroxyl groups excluding tert-OH is 5. The Bertz CT molecular complexity index is 812. The normalized spacial score (nSPS) is 34.4. The Morgan fingerprint density at radius 1 is 0.769 bits per heavy atom. The summed E-state index contributed by atoms with van der Waals surface area (Å²) in [6.07, 6.45) is -11.3. The smallest absolute Gasteiger partial charge is 0.404 e. The number of hydrogen-bond acceptors (Lipinski definition) is 8. The van der Waals surface area contributed by atoms with Crippen molar-refractivity contribution >= 4 is 18.6 Å². The molecule has 6 N–H and O–H groups in total. The quantitative estimate of drug-likeness (QED) is 0.382. The number of rotatable bonds is 4. The Hall–Kier alpha value is -1.55. The van der Waals surface area contributed by atoms with Crippen molar-refractivity contribution in [3.05, 3.63) is 42.5 Å². The minimum absolute atomic E-state index is 0.00968. The molecule has 1 saturated carbocycles. The summed E-state index contributed by atoms with van der Waals surface area (Å²) in [5, 5.41) is 50.2. The van der Waals surface area contributed by atoms with Gasteiger partial charge < -0.3 is 30.1 Å². The molecule has 0 bridgehead atoms. The van der Waals surface area contributed by atoms with E-state index in [0.717, 1.165) is 10.8 Å². The Balaban J connectivity index is 1.78. The van der Waals surface area contributed by atoms with Gasteiger partial charge in [0.05, 0.1) is 0 Å².